The summed E-state index contributed by atoms with van der Waals surface area (Å²) in [5.74, 6) is -0.291. The van der Waals surface area contributed by atoms with Crippen molar-refractivity contribution in [2.45, 2.75) is 17.7 Å². The lowest BCUT2D eigenvalue weighted by molar-refractivity contribution is -0.140. The number of benzene rings is 1. The molecule has 0 aromatic heterocycles. The van der Waals surface area contributed by atoms with Gasteiger partial charge in [-0.1, -0.05) is 27.5 Å². The number of ether oxygens (including phenoxy) is 1. The Bertz CT molecular complexity index is 753. The highest BCUT2D eigenvalue weighted by molar-refractivity contribution is 9.10. The van der Waals surface area contributed by atoms with E-state index in [1.807, 2.05) is 0 Å². The van der Waals surface area contributed by atoms with Crippen molar-refractivity contribution in [2.75, 3.05) is 39.4 Å². The van der Waals surface area contributed by atoms with E-state index in [0.717, 1.165) is 4.47 Å². The molecule has 0 aliphatic carbocycles. The van der Waals surface area contributed by atoms with E-state index in [-0.39, 0.29) is 28.3 Å². The summed E-state index contributed by atoms with van der Waals surface area (Å²) < 4.78 is 33.3. The van der Waals surface area contributed by atoms with Gasteiger partial charge in [0, 0.05) is 30.7 Å². The Morgan fingerprint density at radius 1 is 1.24 bits per heavy atom. The molecule has 0 bridgehead atoms. The van der Waals surface area contributed by atoms with Crippen molar-refractivity contribution in [2.24, 2.45) is 5.92 Å². The summed E-state index contributed by atoms with van der Waals surface area (Å²) in [5.41, 5.74) is 0. The number of amides is 1. The van der Waals surface area contributed by atoms with Gasteiger partial charge >= 0.3 is 0 Å². The third-order valence-electron chi connectivity index (χ3n) is 4.57. The first-order valence-electron chi connectivity index (χ1n) is 8.21. The topological polar surface area (TPSA) is 66.9 Å². The monoisotopic (exact) mass is 450 g/mol. The standard InChI is InChI=1S/C16H20BrClN2O4S/c17-13-3-4-15(14(18)10-13)25(22,23)20-5-1-2-12(11-20)16(21)19-6-8-24-9-7-19/h3-4,10,12H,1-2,5-9,11H2. The normalized spacial score (nSPS) is 22.8. The van der Waals surface area contributed by atoms with Crippen molar-refractivity contribution in [3.05, 3.63) is 27.7 Å². The van der Waals surface area contributed by atoms with Gasteiger partial charge in [0.15, 0.2) is 0 Å². The second-order valence-corrected chi connectivity index (χ2v) is 9.44. The molecule has 1 amide bonds. The van der Waals surface area contributed by atoms with Gasteiger partial charge in [-0.25, -0.2) is 8.42 Å². The van der Waals surface area contributed by atoms with Crippen LogP contribution in [0.15, 0.2) is 27.6 Å². The third kappa shape index (κ3) is 4.19. The molecular weight excluding hydrogens is 432 g/mol. The van der Waals surface area contributed by atoms with Crippen LogP contribution in [0.2, 0.25) is 5.02 Å². The lowest BCUT2D eigenvalue weighted by Gasteiger charge is -2.35. The second kappa shape index (κ2) is 7.92. The predicted octanol–water partition coefficient (Wildman–Crippen LogP) is 2.36. The fourth-order valence-corrected chi connectivity index (χ4v) is 5.76. The molecule has 25 heavy (non-hydrogen) atoms. The zero-order chi connectivity index (χ0) is 18.0. The molecule has 3 rings (SSSR count). The molecule has 2 heterocycles. The molecule has 1 aromatic rings. The van der Waals surface area contributed by atoms with E-state index < -0.39 is 10.0 Å². The van der Waals surface area contributed by atoms with Gasteiger partial charge in [-0.3, -0.25) is 4.79 Å². The maximum absolute atomic E-state index is 12.9. The summed E-state index contributed by atoms with van der Waals surface area (Å²) in [6.07, 6.45) is 1.37. The van der Waals surface area contributed by atoms with E-state index in [4.69, 9.17) is 16.3 Å². The van der Waals surface area contributed by atoms with Crippen LogP contribution in [0.3, 0.4) is 0 Å². The Labute approximate surface area is 161 Å². The SMILES string of the molecule is O=C(C1CCCN(S(=O)(=O)c2ccc(Br)cc2Cl)C1)N1CCOCC1. The number of carbonyl (C=O) groups excluding carboxylic acids is 1. The highest BCUT2D eigenvalue weighted by Crippen LogP contribution is 2.30. The molecule has 1 unspecified atom stereocenters. The average molecular weight is 452 g/mol. The van der Waals surface area contributed by atoms with Gasteiger partial charge in [-0.05, 0) is 31.0 Å². The molecule has 138 valence electrons. The first kappa shape index (κ1) is 19.1. The molecule has 2 fully saturated rings. The summed E-state index contributed by atoms with van der Waals surface area (Å²) >= 11 is 9.41. The van der Waals surface area contributed by atoms with Crippen LogP contribution < -0.4 is 0 Å². The van der Waals surface area contributed by atoms with E-state index in [1.165, 1.54) is 10.4 Å². The van der Waals surface area contributed by atoms with Crippen molar-refractivity contribution in [1.82, 2.24) is 9.21 Å². The third-order valence-corrected chi connectivity index (χ3v) is 7.41. The fraction of sp³-hybridized carbons (Fsp3) is 0.562. The Kier molecular flexibility index (Phi) is 6.05. The van der Waals surface area contributed by atoms with Gasteiger partial charge in [0.05, 0.1) is 24.2 Å². The van der Waals surface area contributed by atoms with E-state index >= 15 is 0 Å². The van der Waals surface area contributed by atoms with Crippen LogP contribution in [0.1, 0.15) is 12.8 Å². The molecule has 0 saturated carbocycles. The number of morpholine rings is 1. The van der Waals surface area contributed by atoms with Crippen LogP contribution in [0.25, 0.3) is 0 Å². The molecule has 0 radical (unpaired) electrons. The van der Waals surface area contributed by atoms with E-state index in [0.29, 0.717) is 45.7 Å². The maximum atomic E-state index is 12.9. The Morgan fingerprint density at radius 3 is 2.64 bits per heavy atom. The Balaban J connectivity index is 1.77. The van der Waals surface area contributed by atoms with Crippen molar-refractivity contribution < 1.29 is 17.9 Å². The predicted molar refractivity (Wildman–Crippen MR) is 98.0 cm³/mol. The highest BCUT2D eigenvalue weighted by atomic mass is 79.9. The number of rotatable bonds is 3. The zero-order valence-corrected chi connectivity index (χ0v) is 16.8. The van der Waals surface area contributed by atoms with Crippen LogP contribution in [0, 0.1) is 5.92 Å². The number of piperidine rings is 1. The van der Waals surface area contributed by atoms with Gasteiger partial charge in [-0.2, -0.15) is 4.31 Å². The van der Waals surface area contributed by atoms with Gasteiger partial charge in [0.25, 0.3) is 0 Å². The molecule has 0 N–H and O–H groups in total. The van der Waals surface area contributed by atoms with Crippen LogP contribution >= 0.6 is 27.5 Å². The van der Waals surface area contributed by atoms with Gasteiger partial charge in [0.1, 0.15) is 4.90 Å². The van der Waals surface area contributed by atoms with E-state index in [9.17, 15) is 13.2 Å². The summed E-state index contributed by atoms with van der Waals surface area (Å²) in [5, 5.41) is 0.177. The molecule has 2 saturated heterocycles. The molecule has 1 aromatic carbocycles. The number of halogens is 2. The van der Waals surface area contributed by atoms with Crippen molar-refractivity contribution in [3.63, 3.8) is 0 Å². The minimum absolute atomic E-state index is 0.0186. The van der Waals surface area contributed by atoms with Crippen LogP contribution in [0.5, 0.6) is 0 Å². The van der Waals surface area contributed by atoms with Gasteiger partial charge in [0.2, 0.25) is 15.9 Å². The Hall–Kier alpha value is -0.670. The minimum atomic E-state index is -3.72. The smallest absolute Gasteiger partial charge is 0.244 e. The van der Waals surface area contributed by atoms with Gasteiger partial charge in [-0.15, -0.1) is 0 Å². The van der Waals surface area contributed by atoms with Crippen LogP contribution in [0.4, 0.5) is 0 Å². The summed E-state index contributed by atoms with van der Waals surface area (Å²) in [6, 6.07) is 4.71. The number of carbonyl (C=O) groups is 1. The van der Waals surface area contributed by atoms with E-state index in [1.54, 1.807) is 17.0 Å². The molecule has 1 atom stereocenters. The van der Waals surface area contributed by atoms with Crippen LogP contribution in [-0.4, -0.2) is 62.9 Å². The quantitative estimate of drug-likeness (QED) is 0.707. The number of hydrogen-bond donors (Lipinski definition) is 0. The molecule has 0 spiro atoms. The van der Waals surface area contributed by atoms with Crippen molar-refractivity contribution in [1.29, 1.82) is 0 Å². The summed E-state index contributed by atoms with van der Waals surface area (Å²) in [4.78, 5) is 14.5. The number of sulfonamides is 1. The lowest BCUT2D eigenvalue weighted by Crippen LogP contribution is -2.49. The minimum Gasteiger partial charge on any atom is -0.378 e. The number of hydrogen-bond acceptors (Lipinski definition) is 4. The molecule has 9 heteroatoms. The molecule has 6 nitrogen and oxygen atoms in total. The Morgan fingerprint density at radius 2 is 1.96 bits per heavy atom. The van der Waals surface area contributed by atoms with Crippen LogP contribution in [-0.2, 0) is 19.6 Å². The van der Waals surface area contributed by atoms with E-state index in [2.05, 4.69) is 15.9 Å². The summed E-state index contributed by atoms with van der Waals surface area (Å²) in [6.45, 7) is 2.82. The lowest BCUT2D eigenvalue weighted by atomic mass is 9.98. The second-order valence-electron chi connectivity index (χ2n) is 6.21. The van der Waals surface area contributed by atoms with Gasteiger partial charge < -0.3 is 9.64 Å². The first-order chi connectivity index (χ1) is 11.9. The molecule has 2 aliphatic heterocycles. The average Bonchev–Trinajstić information content (AvgIpc) is 2.61. The highest BCUT2D eigenvalue weighted by Gasteiger charge is 2.36. The fourth-order valence-electron chi connectivity index (χ4n) is 3.23. The maximum Gasteiger partial charge on any atom is 0.244 e. The molecular formula is C16H20BrClN2O4S. The first-order valence-corrected chi connectivity index (χ1v) is 10.8. The van der Waals surface area contributed by atoms with Crippen molar-refractivity contribution in [3.8, 4) is 0 Å². The van der Waals surface area contributed by atoms with Crippen molar-refractivity contribution >= 4 is 43.5 Å². The molecule has 2 aliphatic rings. The largest absolute Gasteiger partial charge is 0.378 e. The number of nitrogens with zero attached hydrogens (tertiary/aromatic N) is 2. The zero-order valence-electron chi connectivity index (χ0n) is 13.7. The summed E-state index contributed by atoms with van der Waals surface area (Å²) in [7, 11) is -3.72.